The third-order valence-corrected chi connectivity index (χ3v) is 22.2. The number of azo groups is 2. The van der Waals surface area contributed by atoms with Gasteiger partial charge in [-0.05, 0) is 307 Å². The van der Waals surface area contributed by atoms with Gasteiger partial charge in [0.2, 0.25) is 0 Å². The average Bonchev–Trinajstić information content (AvgIpc) is 1.53. The molecule has 7 heterocycles. The number of rotatable bonds is 15. The van der Waals surface area contributed by atoms with Crippen molar-refractivity contribution in [3.63, 3.8) is 0 Å². The van der Waals surface area contributed by atoms with Gasteiger partial charge >= 0.3 is 0 Å². The minimum absolute atomic E-state index is 0.128. The SMILES string of the molecule is CC/C=C\CCCCOc1ccc(N=Nc2cc(C)c(C)c(C)c2)cc1.CCCOC1CCC=C(C)C1c1ccsc1-c1cccs1.COC1C(C)CCC2OCCCC/C=C\CCCCOc3ccc(cc3)N=Nc3cc(C)c(c(C)c3)-c3ccsc3-c3sccc3C21. The van der Waals surface area contributed by atoms with Crippen LogP contribution in [-0.4, -0.2) is 51.8 Å². The summed E-state index contributed by atoms with van der Waals surface area (Å²) < 4.78 is 30.9. The maximum absolute atomic E-state index is 6.74. The summed E-state index contributed by atoms with van der Waals surface area (Å²) in [6.45, 7) is 22.8. The van der Waals surface area contributed by atoms with Gasteiger partial charge in [0.1, 0.15) is 11.5 Å². The van der Waals surface area contributed by atoms with Gasteiger partial charge in [-0.15, -0.1) is 45.3 Å². The second kappa shape index (κ2) is 37.8. The van der Waals surface area contributed by atoms with Crippen molar-refractivity contribution in [1.82, 2.24) is 0 Å². The van der Waals surface area contributed by atoms with E-state index in [0.717, 1.165) is 157 Å². The molecule has 6 unspecified atom stereocenters. The summed E-state index contributed by atoms with van der Waals surface area (Å²) in [7, 11) is 1.88. The van der Waals surface area contributed by atoms with E-state index in [-0.39, 0.29) is 18.1 Å². The highest BCUT2D eigenvalue weighted by Crippen LogP contribution is 2.50. The Morgan fingerprint density at radius 1 is 0.617 bits per heavy atom. The Morgan fingerprint density at radius 2 is 1.31 bits per heavy atom. The Hall–Kier alpha value is -6.42. The number of hydrogen-bond donors (Lipinski definition) is 0. The molecular formula is C81H100N4O5S4. The molecule has 1 fully saturated rings. The van der Waals surface area contributed by atoms with Crippen molar-refractivity contribution in [2.45, 2.75) is 189 Å². The van der Waals surface area contributed by atoms with E-state index >= 15 is 0 Å². The van der Waals surface area contributed by atoms with Crippen molar-refractivity contribution in [3.8, 4) is 42.1 Å². The molecule has 8 aromatic rings. The number of benzene rings is 4. The third-order valence-electron chi connectivity index (χ3n) is 18.2. The molecule has 4 aromatic heterocycles. The van der Waals surface area contributed by atoms with Gasteiger partial charge in [-0.1, -0.05) is 62.8 Å². The number of nitrogens with zero attached hydrogens (tertiary/aromatic N) is 4. The molecule has 0 radical (unpaired) electrons. The summed E-state index contributed by atoms with van der Waals surface area (Å²) in [5.74, 6) is 2.87. The lowest BCUT2D eigenvalue weighted by Gasteiger charge is -2.41. The van der Waals surface area contributed by atoms with Crippen LogP contribution in [0, 0.1) is 40.5 Å². The second-order valence-electron chi connectivity index (χ2n) is 25.2. The van der Waals surface area contributed by atoms with E-state index in [4.69, 9.17) is 23.7 Å². The summed E-state index contributed by atoms with van der Waals surface area (Å²) in [6.07, 6.45) is 28.8. The van der Waals surface area contributed by atoms with Gasteiger partial charge in [0.15, 0.2) is 0 Å². The van der Waals surface area contributed by atoms with Crippen LogP contribution in [-0.2, 0) is 14.2 Å². The molecule has 4 aromatic carbocycles. The first kappa shape index (κ1) is 71.9. The Kier molecular flexibility index (Phi) is 28.9. The highest BCUT2D eigenvalue weighted by atomic mass is 32.1. The van der Waals surface area contributed by atoms with Gasteiger partial charge in [0.05, 0.1) is 59.2 Å². The molecule has 0 saturated heterocycles. The molecule has 5 aliphatic rings. The quantitative estimate of drug-likeness (QED) is 0.0579. The first-order valence-corrected chi connectivity index (χ1v) is 37.9. The van der Waals surface area contributed by atoms with E-state index in [0.29, 0.717) is 17.9 Å². The molecule has 2 aliphatic carbocycles. The normalized spacial score (nSPS) is 20.0. The molecule has 1 saturated carbocycles. The molecule has 94 heavy (non-hydrogen) atoms. The highest BCUT2D eigenvalue weighted by molar-refractivity contribution is 7.21. The summed E-state index contributed by atoms with van der Waals surface area (Å²) in [4.78, 5) is 5.48. The van der Waals surface area contributed by atoms with E-state index in [1.165, 1.54) is 75.2 Å². The number of ether oxygens (including phenoxy) is 5. The zero-order valence-corrected chi connectivity index (χ0v) is 60.6. The molecule has 0 amide bonds. The number of aryl methyl sites for hydroxylation is 4. The van der Waals surface area contributed by atoms with E-state index < -0.39 is 0 Å². The number of methoxy groups -OCH3 is 1. The molecule has 498 valence electrons. The molecule has 6 atom stereocenters. The minimum atomic E-state index is 0.128. The van der Waals surface area contributed by atoms with Crippen LogP contribution in [0.2, 0.25) is 0 Å². The molecule has 0 spiro atoms. The predicted octanol–water partition coefficient (Wildman–Crippen LogP) is 26.0. The fourth-order valence-corrected chi connectivity index (χ4v) is 16.9. The monoisotopic (exact) mass is 1340 g/mol. The van der Waals surface area contributed by atoms with Crippen molar-refractivity contribution < 1.29 is 23.7 Å². The third kappa shape index (κ3) is 20.3. The lowest BCUT2D eigenvalue weighted by atomic mass is 9.74. The fraction of sp³-hybridized carbons (Fsp3) is 0.432. The Balaban J connectivity index is 0.000000185. The summed E-state index contributed by atoms with van der Waals surface area (Å²) in [6, 6.07) is 35.4. The van der Waals surface area contributed by atoms with Crippen LogP contribution in [0.15, 0.2) is 181 Å². The standard InChI is InChI=1S/C40H48N2O3S2.C23H30N2O.C18H22OS2/c1-27-13-18-35-37(38(27)43-4)34-20-24-47-40(34)39-33(19-23-46-39)36-28(2)25-31(26-29(36)3)42-41-30-14-16-32(17-15-30)44-21-11-9-7-5-6-8-10-12-22-45-35;1-5-6-7-8-9-10-15-26-23-13-11-21(12-14-23)24-25-22-16-18(2)20(4)19(3)17-22;1-3-10-19-15-7-4-6-13(2)17(15)14-9-12-21-18(14)16-8-5-11-20-16/h5-6,14-17,19-20,23-27,35,37-38H,7-13,18,21-22H2,1-4H3;6-7,11-14,16-17H,5,8-10,15H2,1-4H3;5-6,8-9,11-12,15,17H,3-4,7,10H2,1-2H3/b6-5-,42-41?;7-6-,25-24?;. The van der Waals surface area contributed by atoms with Gasteiger partial charge in [0, 0.05) is 52.4 Å². The van der Waals surface area contributed by atoms with E-state index in [1.54, 1.807) is 0 Å². The van der Waals surface area contributed by atoms with E-state index in [9.17, 15) is 0 Å². The van der Waals surface area contributed by atoms with Crippen molar-refractivity contribution in [2.75, 3.05) is 33.5 Å². The lowest BCUT2D eigenvalue weighted by molar-refractivity contribution is -0.0718. The van der Waals surface area contributed by atoms with Crippen LogP contribution in [0.5, 0.6) is 11.5 Å². The van der Waals surface area contributed by atoms with E-state index in [1.807, 2.05) is 101 Å². The molecule has 4 bridgehead atoms. The minimum Gasteiger partial charge on any atom is -0.494 e. The number of unbranched alkanes of at least 4 members (excludes halogenated alkanes) is 2. The molecule has 9 nitrogen and oxygen atoms in total. The predicted molar refractivity (Wildman–Crippen MR) is 401 cm³/mol. The lowest BCUT2D eigenvalue weighted by Crippen LogP contribution is -2.42. The summed E-state index contributed by atoms with van der Waals surface area (Å²) >= 11 is 7.36. The zero-order chi connectivity index (χ0) is 66.0. The van der Waals surface area contributed by atoms with Gasteiger partial charge in [-0.25, -0.2) is 0 Å². The smallest absolute Gasteiger partial charge is 0.119 e. The average molecular weight is 1340 g/mol. The van der Waals surface area contributed by atoms with Gasteiger partial charge in [-0.2, -0.15) is 20.5 Å². The van der Waals surface area contributed by atoms with Crippen molar-refractivity contribution in [1.29, 1.82) is 0 Å². The maximum Gasteiger partial charge on any atom is 0.119 e. The van der Waals surface area contributed by atoms with E-state index in [2.05, 4.69) is 189 Å². The largest absolute Gasteiger partial charge is 0.494 e. The maximum atomic E-state index is 6.74. The molecule has 13 heteroatoms. The van der Waals surface area contributed by atoms with Crippen LogP contribution >= 0.6 is 45.3 Å². The van der Waals surface area contributed by atoms with Crippen LogP contribution in [0.4, 0.5) is 22.7 Å². The molecule has 0 N–H and O–H groups in total. The fourth-order valence-electron chi connectivity index (χ4n) is 13.0. The van der Waals surface area contributed by atoms with Crippen molar-refractivity contribution in [2.24, 2.45) is 26.4 Å². The van der Waals surface area contributed by atoms with Crippen LogP contribution < -0.4 is 9.47 Å². The first-order chi connectivity index (χ1) is 45.9. The number of allylic oxidation sites excluding steroid dienone is 5. The molecular weight excluding hydrogens is 1240 g/mol. The van der Waals surface area contributed by atoms with Gasteiger partial charge < -0.3 is 23.7 Å². The van der Waals surface area contributed by atoms with Crippen LogP contribution in [0.25, 0.3) is 30.6 Å². The van der Waals surface area contributed by atoms with Gasteiger partial charge in [-0.3, -0.25) is 0 Å². The second-order valence-corrected chi connectivity index (χ2v) is 28.9. The van der Waals surface area contributed by atoms with Crippen LogP contribution in [0.3, 0.4) is 0 Å². The zero-order valence-electron chi connectivity index (χ0n) is 57.4. The topological polar surface area (TPSA) is 95.6 Å². The number of fused-ring (bicyclic) bond motifs is 2. The summed E-state index contributed by atoms with van der Waals surface area (Å²) in [5, 5.41) is 26.7. The Labute approximate surface area is 578 Å². The van der Waals surface area contributed by atoms with Crippen molar-refractivity contribution >= 4 is 68.1 Å². The first-order valence-electron chi connectivity index (χ1n) is 34.4. The molecule has 13 rings (SSSR count). The Morgan fingerprint density at radius 3 is 2.02 bits per heavy atom. The molecule has 3 aliphatic heterocycles. The van der Waals surface area contributed by atoms with Gasteiger partial charge in [0.25, 0.3) is 0 Å². The number of thiophene rings is 4. The summed E-state index contributed by atoms with van der Waals surface area (Å²) in [5.41, 5.74) is 16.4. The van der Waals surface area contributed by atoms with Crippen LogP contribution in [0.1, 0.15) is 175 Å². The Bertz CT molecular complexity index is 3670. The highest BCUT2D eigenvalue weighted by Gasteiger charge is 2.41. The van der Waals surface area contributed by atoms with Crippen molar-refractivity contribution in [3.05, 3.63) is 200 Å². The number of hydrogen-bond acceptors (Lipinski definition) is 13.